The van der Waals surface area contributed by atoms with Gasteiger partial charge in [-0.3, -0.25) is 4.79 Å². The Balaban J connectivity index is 2.00. The van der Waals surface area contributed by atoms with Gasteiger partial charge in [0.05, 0.1) is 35.9 Å². The van der Waals surface area contributed by atoms with E-state index in [2.05, 4.69) is 11.1 Å². The number of ether oxygens (including phenoxy) is 1. The number of aryl methyl sites for hydroxylation is 1. The van der Waals surface area contributed by atoms with Crippen LogP contribution in [0.15, 0.2) is 12.1 Å². The lowest BCUT2D eigenvalue weighted by atomic mass is 9.68. The highest BCUT2D eigenvalue weighted by Gasteiger charge is 2.50. The van der Waals surface area contributed by atoms with Crippen molar-refractivity contribution < 1.29 is 14.6 Å². The highest BCUT2D eigenvalue weighted by molar-refractivity contribution is 5.93. The van der Waals surface area contributed by atoms with Crippen LogP contribution in [0.25, 0.3) is 10.9 Å². The minimum absolute atomic E-state index is 0.0293. The summed E-state index contributed by atoms with van der Waals surface area (Å²) in [5.74, 6) is -0.614. The standard InChI is InChI=1S/C19H20N2O3/c1-11-5-6-12(10-20)16-14-7-8-24-19(9-15(22)23,13-3-2-4-13)18(14)21-17(11)16/h5-6,13,21H,2-4,7-9H2,1H3,(H,22,23)/t19-/m1/s1. The number of carboxylic acid groups (broad SMARTS) is 1. The van der Waals surface area contributed by atoms with Crippen LogP contribution in [0.2, 0.25) is 0 Å². The molecule has 0 saturated heterocycles. The lowest BCUT2D eigenvalue weighted by molar-refractivity contribution is -0.162. The second-order valence-corrected chi connectivity index (χ2v) is 6.96. The molecule has 0 unspecified atom stereocenters. The number of H-pyrrole nitrogens is 1. The van der Waals surface area contributed by atoms with Crippen molar-refractivity contribution in [1.82, 2.24) is 4.98 Å². The van der Waals surface area contributed by atoms with E-state index in [1.807, 2.05) is 19.1 Å². The predicted molar refractivity (Wildman–Crippen MR) is 88.7 cm³/mol. The normalized spacial score (nSPS) is 23.5. The SMILES string of the molecule is Cc1ccc(C#N)c2c3c([nH]c12)[C@@](CC(=O)O)(C1CCC1)OCC3. The maximum absolute atomic E-state index is 11.6. The second-order valence-electron chi connectivity index (χ2n) is 6.96. The first-order valence-electron chi connectivity index (χ1n) is 8.47. The summed E-state index contributed by atoms with van der Waals surface area (Å²) in [6.07, 6.45) is 3.78. The van der Waals surface area contributed by atoms with Gasteiger partial charge in [-0.25, -0.2) is 0 Å². The molecular formula is C19H20N2O3. The molecule has 1 saturated carbocycles. The summed E-state index contributed by atoms with van der Waals surface area (Å²) in [7, 11) is 0. The zero-order chi connectivity index (χ0) is 16.9. The van der Waals surface area contributed by atoms with E-state index in [9.17, 15) is 15.2 Å². The van der Waals surface area contributed by atoms with Gasteiger partial charge in [0.25, 0.3) is 0 Å². The molecule has 2 aromatic rings. The molecule has 0 spiro atoms. The first kappa shape index (κ1) is 15.2. The van der Waals surface area contributed by atoms with Crippen LogP contribution in [0.5, 0.6) is 0 Å². The Morgan fingerprint density at radius 2 is 2.29 bits per heavy atom. The monoisotopic (exact) mass is 324 g/mol. The minimum Gasteiger partial charge on any atom is -0.481 e. The smallest absolute Gasteiger partial charge is 0.306 e. The molecule has 4 rings (SSSR count). The lowest BCUT2D eigenvalue weighted by Gasteiger charge is -2.46. The Hall–Kier alpha value is -2.32. The summed E-state index contributed by atoms with van der Waals surface area (Å²) in [6, 6.07) is 6.07. The van der Waals surface area contributed by atoms with E-state index in [0.29, 0.717) is 18.6 Å². The number of carboxylic acids is 1. The largest absolute Gasteiger partial charge is 0.481 e. The number of aromatic amines is 1. The molecule has 5 heteroatoms. The highest BCUT2D eigenvalue weighted by Crippen LogP contribution is 2.51. The van der Waals surface area contributed by atoms with Crippen LogP contribution >= 0.6 is 0 Å². The summed E-state index contributed by atoms with van der Waals surface area (Å²) in [4.78, 5) is 15.1. The summed E-state index contributed by atoms with van der Waals surface area (Å²) in [5.41, 5.74) is 3.84. The zero-order valence-corrected chi connectivity index (χ0v) is 13.7. The third-order valence-electron chi connectivity index (χ3n) is 5.70. The van der Waals surface area contributed by atoms with Gasteiger partial charge in [0.1, 0.15) is 5.60 Å². The molecule has 1 aliphatic carbocycles. The van der Waals surface area contributed by atoms with Gasteiger partial charge in [-0.2, -0.15) is 5.26 Å². The first-order chi connectivity index (χ1) is 11.6. The fourth-order valence-corrected chi connectivity index (χ4v) is 4.32. The molecule has 5 nitrogen and oxygen atoms in total. The van der Waals surface area contributed by atoms with Crippen molar-refractivity contribution in [2.75, 3.05) is 6.61 Å². The van der Waals surface area contributed by atoms with Crippen LogP contribution in [-0.4, -0.2) is 22.7 Å². The number of aromatic nitrogens is 1. The number of nitrogens with one attached hydrogen (secondary N) is 1. The number of hydrogen-bond donors (Lipinski definition) is 2. The van der Waals surface area contributed by atoms with Crippen molar-refractivity contribution in [2.45, 2.75) is 44.6 Å². The Bertz CT molecular complexity index is 873. The van der Waals surface area contributed by atoms with Crippen molar-refractivity contribution in [3.63, 3.8) is 0 Å². The molecular weight excluding hydrogens is 304 g/mol. The Kier molecular flexibility index (Phi) is 3.40. The summed E-state index contributed by atoms with van der Waals surface area (Å²) in [5, 5.41) is 20.0. The molecule has 2 N–H and O–H groups in total. The number of aliphatic carboxylic acids is 1. The van der Waals surface area contributed by atoms with Gasteiger partial charge in [-0.15, -0.1) is 0 Å². The molecule has 0 amide bonds. The molecule has 124 valence electrons. The van der Waals surface area contributed by atoms with E-state index in [1.54, 1.807) is 0 Å². The van der Waals surface area contributed by atoms with Crippen LogP contribution in [0.1, 0.15) is 48.1 Å². The van der Waals surface area contributed by atoms with Gasteiger partial charge in [0.2, 0.25) is 0 Å². The zero-order valence-electron chi connectivity index (χ0n) is 13.7. The second kappa shape index (κ2) is 5.35. The molecule has 2 heterocycles. The molecule has 1 atom stereocenters. The maximum Gasteiger partial charge on any atom is 0.306 e. The predicted octanol–water partition coefficient (Wildman–Crippen LogP) is 3.39. The van der Waals surface area contributed by atoms with Gasteiger partial charge >= 0.3 is 5.97 Å². The van der Waals surface area contributed by atoms with E-state index < -0.39 is 11.6 Å². The van der Waals surface area contributed by atoms with E-state index in [-0.39, 0.29) is 12.3 Å². The fourth-order valence-electron chi connectivity index (χ4n) is 4.32. The number of nitrogens with zero attached hydrogens (tertiary/aromatic N) is 1. The molecule has 1 fully saturated rings. The van der Waals surface area contributed by atoms with Gasteiger partial charge < -0.3 is 14.8 Å². The van der Waals surface area contributed by atoms with Crippen molar-refractivity contribution >= 4 is 16.9 Å². The van der Waals surface area contributed by atoms with Crippen LogP contribution in [0, 0.1) is 24.2 Å². The van der Waals surface area contributed by atoms with E-state index in [1.165, 1.54) is 0 Å². The summed E-state index contributed by atoms with van der Waals surface area (Å²) < 4.78 is 6.15. The number of benzene rings is 1. The third kappa shape index (κ3) is 1.99. The van der Waals surface area contributed by atoms with Gasteiger partial charge in [-0.1, -0.05) is 12.5 Å². The quantitative estimate of drug-likeness (QED) is 0.906. The first-order valence-corrected chi connectivity index (χ1v) is 8.47. The fraction of sp³-hybridized carbons (Fsp3) is 0.474. The molecule has 1 aromatic carbocycles. The van der Waals surface area contributed by atoms with Gasteiger partial charge in [0, 0.05) is 5.39 Å². The Labute approximate surface area is 140 Å². The van der Waals surface area contributed by atoms with Gasteiger partial charge in [-0.05, 0) is 49.3 Å². The molecule has 2 aliphatic rings. The van der Waals surface area contributed by atoms with E-state index in [4.69, 9.17) is 4.74 Å². The number of hydrogen-bond acceptors (Lipinski definition) is 3. The topological polar surface area (TPSA) is 86.1 Å². The van der Waals surface area contributed by atoms with Crippen molar-refractivity contribution in [1.29, 1.82) is 5.26 Å². The van der Waals surface area contributed by atoms with Crippen molar-refractivity contribution in [2.24, 2.45) is 5.92 Å². The third-order valence-corrected chi connectivity index (χ3v) is 5.70. The van der Waals surface area contributed by atoms with E-state index in [0.717, 1.165) is 47.0 Å². The molecule has 1 aromatic heterocycles. The lowest BCUT2D eigenvalue weighted by Crippen LogP contribution is -2.46. The average molecular weight is 324 g/mol. The maximum atomic E-state index is 11.6. The van der Waals surface area contributed by atoms with Crippen LogP contribution in [0.4, 0.5) is 0 Å². The summed E-state index contributed by atoms with van der Waals surface area (Å²) in [6.45, 7) is 2.51. The number of rotatable bonds is 3. The molecule has 24 heavy (non-hydrogen) atoms. The molecule has 1 aliphatic heterocycles. The number of fused-ring (bicyclic) bond motifs is 3. The van der Waals surface area contributed by atoms with Gasteiger partial charge in [0.15, 0.2) is 0 Å². The van der Waals surface area contributed by atoms with Crippen molar-refractivity contribution in [3.05, 3.63) is 34.5 Å². The number of carbonyl (C=O) groups is 1. The summed E-state index contributed by atoms with van der Waals surface area (Å²) >= 11 is 0. The van der Waals surface area contributed by atoms with Crippen LogP contribution in [-0.2, 0) is 21.6 Å². The minimum atomic E-state index is -0.842. The Morgan fingerprint density at radius 3 is 2.92 bits per heavy atom. The van der Waals surface area contributed by atoms with Crippen LogP contribution < -0.4 is 0 Å². The van der Waals surface area contributed by atoms with Crippen LogP contribution in [0.3, 0.4) is 0 Å². The van der Waals surface area contributed by atoms with E-state index >= 15 is 0 Å². The number of nitriles is 1. The molecule has 0 bridgehead atoms. The Morgan fingerprint density at radius 1 is 1.50 bits per heavy atom. The highest BCUT2D eigenvalue weighted by atomic mass is 16.5. The molecule has 0 radical (unpaired) electrons. The average Bonchev–Trinajstić information content (AvgIpc) is 2.88. The van der Waals surface area contributed by atoms with Crippen molar-refractivity contribution in [3.8, 4) is 6.07 Å².